The summed E-state index contributed by atoms with van der Waals surface area (Å²) in [5.74, 6) is 0.453. The minimum atomic E-state index is -0.599. The second-order valence-corrected chi connectivity index (χ2v) is 11.4. The van der Waals surface area contributed by atoms with Gasteiger partial charge in [-0.1, -0.05) is 62.8 Å². The number of aliphatic hydroxyl groups is 3. The topological polar surface area (TPSA) is 105 Å². The first-order valence-corrected chi connectivity index (χ1v) is 14.5. The highest BCUT2D eigenvalue weighted by molar-refractivity contribution is 5.37. The molecule has 2 saturated heterocycles. The van der Waals surface area contributed by atoms with Crippen molar-refractivity contribution in [3.05, 3.63) is 59.3 Å². The lowest BCUT2D eigenvalue weighted by Crippen LogP contribution is -2.36. The van der Waals surface area contributed by atoms with Crippen molar-refractivity contribution in [2.45, 2.75) is 115 Å². The average Bonchev–Trinajstić information content (AvgIpc) is 3.34. The standard InChI is InChI=1S/C32H48O7/c1-5-21(2)29(34)12-8-10-25-17-27(38-20-33)18-26(39-25)15-13-22(3)30(35)11-7-6-9-24-19-37-32-28(24)16-14-23(4)31(32)36/h6-10,13-14,20-21,25-32,34-36H,5,11-12,15-19H2,1-4H3/b7-6+,10-8-,22-13+,24-9+/t21?,25?,26?,27?,28?,29?,30-,31?,32?/m0/s1. The summed E-state index contributed by atoms with van der Waals surface area (Å²) in [6, 6.07) is 0. The maximum absolute atomic E-state index is 11.0. The minimum Gasteiger partial charge on any atom is -0.464 e. The van der Waals surface area contributed by atoms with Crippen molar-refractivity contribution in [2.75, 3.05) is 6.61 Å². The molecule has 3 rings (SSSR count). The third-order valence-electron chi connectivity index (χ3n) is 8.49. The van der Waals surface area contributed by atoms with Gasteiger partial charge in [-0.2, -0.15) is 0 Å². The van der Waals surface area contributed by atoms with Crippen LogP contribution in [0.2, 0.25) is 0 Å². The number of carbonyl (C=O) groups is 1. The number of carbonyl (C=O) groups excluding carboxylic acids is 1. The second kappa shape index (κ2) is 15.7. The quantitative estimate of drug-likeness (QED) is 0.228. The third-order valence-corrected chi connectivity index (χ3v) is 8.49. The predicted molar refractivity (Wildman–Crippen MR) is 152 cm³/mol. The van der Waals surface area contributed by atoms with E-state index >= 15 is 0 Å². The Morgan fingerprint density at radius 2 is 2.03 bits per heavy atom. The first kappa shape index (κ1) is 31.5. The first-order valence-electron chi connectivity index (χ1n) is 14.5. The van der Waals surface area contributed by atoms with Gasteiger partial charge in [0, 0.05) is 18.8 Å². The molecule has 0 aromatic heterocycles. The molecule has 8 unspecified atom stereocenters. The number of ether oxygens (including phenoxy) is 3. The fourth-order valence-corrected chi connectivity index (χ4v) is 5.47. The highest BCUT2D eigenvalue weighted by Crippen LogP contribution is 2.37. The zero-order valence-corrected chi connectivity index (χ0v) is 23.9. The Morgan fingerprint density at radius 1 is 1.23 bits per heavy atom. The summed E-state index contributed by atoms with van der Waals surface area (Å²) in [6.45, 7) is 8.99. The Labute approximate surface area is 233 Å². The lowest BCUT2D eigenvalue weighted by Gasteiger charge is -2.33. The van der Waals surface area contributed by atoms with Crippen LogP contribution in [0.3, 0.4) is 0 Å². The van der Waals surface area contributed by atoms with Crippen molar-refractivity contribution < 1.29 is 34.3 Å². The molecule has 2 fully saturated rings. The van der Waals surface area contributed by atoms with Crippen LogP contribution in [0.4, 0.5) is 0 Å². The number of fused-ring (bicyclic) bond motifs is 1. The molecule has 9 atom stereocenters. The molecule has 218 valence electrons. The van der Waals surface area contributed by atoms with E-state index in [1.54, 1.807) is 0 Å². The van der Waals surface area contributed by atoms with Crippen LogP contribution in [0.25, 0.3) is 0 Å². The van der Waals surface area contributed by atoms with Crippen LogP contribution in [0, 0.1) is 11.8 Å². The molecule has 0 bridgehead atoms. The Hall–Kier alpha value is -2.03. The van der Waals surface area contributed by atoms with E-state index in [9.17, 15) is 20.1 Å². The summed E-state index contributed by atoms with van der Waals surface area (Å²) in [5.41, 5.74) is 3.03. The van der Waals surface area contributed by atoms with Gasteiger partial charge < -0.3 is 29.5 Å². The molecule has 7 heteroatoms. The zero-order chi connectivity index (χ0) is 28.4. The van der Waals surface area contributed by atoms with Crippen LogP contribution in [-0.2, 0) is 19.0 Å². The molecule has 2 aliphatic heterocycles. The summed E-state index contributed by atoms with van der Waals surface area (Å²) < 4.78 is 17.3. The van der Waals surface area contributed by atoms with Gasteiger partial charge in [0.25, 0.3) is 6.47 Å². The summed E-state index contributed by atoms with van der Waals surface area (Å²) in [7, 11) is 0. The van der Waals surface area contributed by atoms with Crippen molar-refractivity contribution in [3.8, 4) is 0 Å². The van der Waals surface area contributed by atoms with Gasteiger partial charge in [-0.3, -0.25) is 4.79 Å². The maximum Gasteiger partial charge on any atom is 0.293 e. The number of allylic oxidation sites excluding steroid dienone is 3. The molecular formula is C32H48O7. The molecule has 0 aromatic carbocycles. The SMILES string of the molecule is CCC(C)C(O)C/C=C\C1CC(OC=O)CC(C/C=C(\C)[C@@H](O)C/C=C/C=C2\COC3C(O)C(C)=CCC23)O1. The van der Waals surface area contributed by atoms with Crippen LogP contribution >= 0.6 is 0 Å². The number of aliphatic hydroxyl groups excluding tert-OH is 3. The third kappa shape index (κ3) is 9.25. The molecule has 1 aliphatic carbocycles. The molecule has 0 spiro atoms. The van der Waals surface area contributed by atoms with E-state index in [2.05, 4.69) is 19.1 Å². The Bertz CT molecular complexity index is 933. The fraction of sp³-hybridized carbons (Fsp3) is 0.656. The van der Waals surface area contributed by atoms with Gasteiger partial charge in [0.1, 0.15) is 12.2 Å². The summed E-state index contributed by atoms with van der Waals surface area (Å²) in [6.07, 6.45) is 16.5. The Balaban J connectivity index is 1.49. The molecule has 3 aliphatic rings. The van der Waals surface area contributed by atoms with E-state index in [0.29, 0.717) is 45.2 Å². The highest BCUT2D eigenvalue weighted by atomic mass is 16.5. The van der Waals surface area contributed by atoms with Crippen molar-refractivity contribution in [1.29, 1.82) is 0 Å². The van der Waals surface area contributed by atoms with Crippen LogP contribution in [0.15, 0.2) is 59.3 Å². The monoisotopic (exact) mass is 544 g/mol. The Kier molecular flexibility index (Phi) is 12.7. The van der Waals surface area contributed by atoms with Gasteiger partial charge in [-0.25, -0.2) is 0 Å². The van der Waals surface area contributed by atoms with Gasteiger partial charge in [0.2, 0.25) is 0 Å². The smallest absolute Gasteiger partial charge is 0.293 e. The van der Waals surface area contributed by atoms with E-state index in [-0.39, 0.29) is 42.4 Å². The van der Waals surface area contributed by atoms with Crippen LogP contribution < -0.4 is 0 Å². The van der Waals surface area contributed by atoms with Crippen LogP contribution in [0.5, 0.6) is 0 Å². The van der Waals surface area contributed by atoms with Gasteiger partial charge in [0.15, 0.2) is 0 Å². The minimum absolute atomic E-state index is 0.126. The lowest BCUT2D eigenvalue weighted by molar-refractivity contribution is -0.144. The molecule has 0 aromatic rings. The molecular weight excluding hydrogens is 496 g/mol. The van der Waals surface area contributed by atoms with E-state index in [4.69, 9.17) is 14.2 Å². The summed E-state index contributed by atoms with van der Waals surface area (Å²) >= 11 is 0. The summed E-state index contributed by atoms with van der Waals surface area (Å²) in [4.78, 5) is 11.0. The summed E-state index contributed by atoms with van der Waals surface area (Å²) in [5, 5.41) is 31.2. The van der Waals surface area contributed by atoms with E-state index in [0.717, 1.165) is 24.0 Å². The van der Waals surface area contributed by atoms with Crippen molar-refractivity contribution >= 4 is 6.47 Å². The maximum atomic E-state index is 11.0. The largest absolute Gasteiger partial charge is 0.464 e. The van der Waals surface area contributed by atoms with Gasteiger partial charge in [-0.15, -0.1) is 0 Å². The van der Waals surface area contributed by atoms with Gasteiger partial charge >= 0.3 is 0 Å². The predicted octanol–water partition coefficient (Wildman–Crippen LogP) is 4.72. The number of hydrogen-bond donors (Lipinski definition) is 3. The molecule has 7 nitrogen and oxygen atoms in total. The van der Waals surface area contributed by atoms with E-state index in [1.165, 1.54) is 5.57 Å². The fourth-order valence-electron chi connectivity index (χ4n) is 5.47. The Morgan fingerprint density at radius 3 is 2.77 bits per heavy atom. The van der Waals surface area contributed by atoms with Crippen molar-refractivity contribution in [1.82, 2.24) is 0 Å². The molecule has 0 amide bonds. The second-order valence-electron chi connectivity index (χ2n) is 11.4. The normalized spacial score (nSPS) is 33.3. The molecule has 39 heavy (non-hydrogen) atoms. The zero-order valence-electron chi connectivity index (χ0n) is 23.9. The number of rotatable bonds is 13. The van der Waals surface area contributed by atoms with Gasteiger partial charge in [-0.05, 0) is 62.2 Å². The van der Waals surface area contributed by atoms with Crippen LogP contribution in [-0.4, -0.2) is 71.1 Å². The average molecular weight is 545 g/mol. The van der Waals surface area contributed by atoms with Crippen molar-refractivity contribution in [3.63, 3.8) is 0 Å². The first-order chi connectivity index (χ1) is 18.7. The van der Waals surface area contributed by atoms with Crippen LogP contribution in [0.1, 0.15) is 72.6 Å². The molecule has 0 saturated carbocycles. The van der Waals surface area contributed by atoms with E-state index in [1.807, 2.05) is 51.2 Å². The lowest BCUT2D eigenvalue weighted by atomic mass is 9.82. The molecule has 0 radical (unpaired) electrons. The molecule has 2 heterocycles. The van der Waals surface area contributed by atoms with Gasteiger partial charge in [0.05, 0.1) is 37.1 Å². The van der Waals surface area contributed by atoms with E-state index < -0.39 is 12.2 Å². The molecule has 3 N–H and O–H groups in total. The van der Waals surface area contributed by atoms with Crippen molar-refractivity contribution in [2.24, 2.45) is 11.8 Å². The number of hydrogen-bond acceptors (Lipinski definition) is 7. The highest BCUT2D eigenvalue weighted by Gasteiger charge is 2.39.